The molecular formula is C26H22SiZr. The van der Waals surface area contributed by atoms with Crippen LogP contribution in [0.15, 0.2) is 121 Å². The second-order valence-electron chi connectivity index (χ2n) is 6.01. The average Bonchev–Trinajstić information content (AvgIpc) is 3.45. The summed E-state index contributed by atoms with van der Waals surface area (Å²) in [6, 6.07) is 35.8. The van der Waals surface area contributed by atoms with Crippen LogP contribution in [0.1, 0.15) is 6.42 Å². The van der Waals surface area contributed by atoms with Crippen LogP contribution >= 0.6 is 0 Å². The van der Waals surface area contributed by atoms with Gasteiger partial charge in [-0.05, 0) is 0 Å². The first kappa shape index (κ1) is 22.1. The van der Waals surface area contributed by atoms with E-state index in [9.17, 15) is 0 Å². The third-order valence-corrected chi connectivity index (χ3v) is 5.21. The predicted octanol–water partition coefficient (Wildman–Crippen LogP) is 5.20. The van der Waals surface area contributed by atoms with Crippen molar-refractivity contribution in [2.24, 2.45) is 0 Å². The van der Waals surface area contributed by atoms with E-state index in [2.05, 4.69) is 115 Å². The van der Waals surface area contributed by atoms with Gasteiger partial charge in [-0.15, -0.1) is 36.1 Å². The van der Waals surface area contributed by atoms with Crippen LogP contribution in [0, 0.1) is 6.08 Å². The molecule has 5 rings (SSSR count). The summed E-state index contributed by atoms with van der Waals surface area (Å²) in [4.78, 5) is 0. The Morgan fingerprint density at radius 1 is 0.714 bits per heavy atom. The maximum atomic E-state index is 2.99. The van der Waals surface area contributed by atoms with Crippen molar-refractivity contribution in [3.8, 4) is 0 Å². The molecule has 1 aliphatic rings. The molecule has 0 nitrogen and oxygen atoms in total. The van der Waals surface area contributed by atoms with Crippen LogP contribution in [-0.4, -0.2) is 9.52 Å². The summed E-state index contributed by atoms with van der Waals surface area (Å²) in [5.41, 5.74) is 0. The molecule has 0 fully saturated rings. The molecular weight excluding hydrogens is 432 g/mol. The maximum absolute atomic E-state index is 2.99. The first-order chi connectivity index (χ1) is 13.4. The van der Waals surface area contributed by atoms with E-state index in [0.717, 1.165) is 15.9 Å². The van der Waals surface area contributed by atoms with Crippen molar-refractivity contribution in [1.82, 2.24) is 0 Å². The van der Waals surface area contributed by atoms with E-state index < -0.39 is 0 Å². The smallest absolute Gasteiger partial charge is 0.273 e. The minimum atomic E-state index is 0. The van der Waals surface area contributed by atoms with Gasteiger partial charge in [0.2, 0.25) is 0 Å². The molecule has 4 aromatic carbocycles. The molecule has 134 valence electrons. The summed E-state index contributed by atoms with van der Waals surface area (Å²) in [6.45, 7) is 0. The van der Waals surface area contributed by atoms with Crippen molar-refractivity contribution in [2.45, 2.75) is 6.42 Å². The minimum Gasteiger partial charge on any atom is -0.273 e. The summed E-state index contributed by atoms with van der Waals surface area (Å²) >= 11 is 0. The summed E-state index contributed by atoms with van der Waals surface area (Å²) < 4.78 is 0. The van der Waals surface area contributed by atoms with Crippen molar-refractivity contribution in [1.29, 1.82) is 0 Å². The number of fused-ring (bicyclic) bond motifs is 1. The van der Waals surface area contributed by atoms with Crippen LogP contribution < -0.4 is 10.4 Å². The summed E-state index contributed by atoms with van der Waals surface area (Å²) in [7, 11) is 0.777. The molecule has 28 heavy (non-hydrogen) atoms. The monoisotopic (exact) mass is 452 g/mol. The SMILES string of the molecule is [C-]1=CC=CC1.[Zr+2].c1ccc([Si]c2ccccc2)cc1.c1ccc2[cH-]ccc2c1. The van der Waals surface area contributed by atoms with Crippen molar-refractivity contribution in [3.05, 3.63) is 127 Å². The van der Waals surface area contributed by atoms with Crippen LogP contribution in [0.5, 0.6) is 0 Å². The van der Waals surface area contributed by atoms with Gasteiger partial charge < -0.3 is 0 Å². The average molecular weight is 454 g/mol. The Morgan fingerprint density at radius 2 is 1.32 bits per heavy atom. The van der Waals surface area contributed by atoms with E-state index >= 15 is 0 Å². The first-order valence-electron chi connectivity index (χ1n) is 9.11. The van der Waals surface area contributed by atoms with Crippen LogP contribution in [0.4, 0.5) is 0 Å². The molecule has 2 radical (unpaired) electrons. The number of allylic oxidation sites excluding steroid dienone is 4. The Balaban J connectivity index is 0.000000162. The fourth-order valence-corrected chi connectivity index (χ4v) is 3.67. The Hall–Kier alpha value is -2.15. The van der Waals surface area contributed by atoms with E-state index in [0.29, 0.717) is 0 Å². The van der Waals surface area contributed by atoms with Gasteiger partial charge in [-0.25, -0.2) is 12.2 Å². The van der Waals surface area contributed by atoms with Crippen molar-refractivity contribution in [3.63, 3.8) is 0 Å². The topological polar surface area (TPSA) is 0 Å². The van der Waals surface area contributed by atoms with E-state index in [1.54, 1.807) is 0 Å². The molecule has 0 aliphatic heterocycles. The van der Waals surface area contributed by atoms with Crippen LogP contribution in [0.2, 0.25) is 0 Å². The van der Waals surface area contributed by atoms with Crippen molar-refractivity contribution >= 4 is 30.7 Å². The molecule has 4 aromatic rings. The van der Waals surface area contributed by atoms with E-state index in [4.69, 9.17) is 0 Å². The van der Waals surface area contributed by atoms with Gasteiger partial charge in [0.1, 0.15) is 9.52 Å². The third kappa shape index (κ3) is 7.84. The fourth-order valence-electron chi connectivity index (χ4n) is 2.62. The first-order valence-corrected chi connectivity index (χ1v) is 10.1. The second kappa shape index (κ2) is 13.1. The molecule has 2 heteroatoms. The van der Waals surface area contributed by atoms with Gasteiger partial charge in [0.05, 0.1) is 0 Å². The van der Waals surface area contributed by atoms with Gasteiger partial charge in [0.15, 0.2) is 0 Å². The molecule has 0 saturated carbocycles. The van der Waals surface area contributed by atoms with Gasteiger partial charge in [0, 0.05) is 0 Å². The third-order valence-electron chi connectivity index (χ3n) is 3.97. The van der Waals surface area contributed by atoms with Crippen LogP contribution in [-0.2, 0) is 26.2 Å². The summed E-state index contributed by atoms with van der Waals surface area (Å²) in [6.07, 6.45) is 10.0. The Kier molecular flexibility index (Phi) is 10.4. The molecule has 0 saturated heterocycles. The Labute approximate surface area is 189 Å². The second-order valence-corrected chi connectivity index (χ2v) is 7.42. The normalized spacial score (nSPS) is 11.0. The van der Waals surface area contributed by atoms with E-state index in [1.165, 1.54) is 21.1 Å². The zero-order valence-electron chi connectivity index (χ0n) is 15.8. The molecule has 0 unspecified atom stereocenters. The molecule has 0 amide bonds. The molecule has 0 spiro atoms. The molecule has 0 bridgehead atoms. The molecule has 1 aliphatic carbocycles. The van der Waals surface area contributed by atoms with Gasteiger partial charge in [-0.3, -0.25) is 6.08 Å². The number of benzene rings is 3. The van der Waals surface area contributed by atoms with Gasteiger partial charge >= 0.3 is 26.2 Å². The van der Waals surface area contributed by atoms with E-state index in [-0.39, 0.29) is 26.2 Å². The minimum absolute atomic E-state index is 0. The van der Waals surface area contributed by atoms with Gasteiger partial charge in [0.25, 0.3) is 0 Å². The molecule has 0 heterocycles. The fraction of sp³-hybridized carbons (Fsp3) is 0.0385. The van der Waals surface area contributed by atoms with Crippen LogP contribution in [0.25, 0.3) is 10.8 Å². The Morgan fingerprint density at radius 3 is 1.82 bits per heavy atom. The van der Waals surface area contributed by atoms with Gasteiger partial charge in [-0.1, -0.05) is 77.1 Å². The predicted molar refractivity (Wildman–Crippen MR) is 119 cm³/mol. The molecule has 0 aromatic heterocycles. The zero-order valence-corrected chi connectivity index (χ0v) is 19.2. The number of hydrogen-bond donors (Lipinski definition) is 0. The summed E-state index contributed by atoms with van der Waals surface area (Å²) in [5.74, 6) is 0. The van der Waals surface area contributed by atoms with Crippen LogP contribution in [0.3, 0.4) is 0 Å². The van der Waals surface area contributed by atoms with Crippen molar-refractivity contribution < 1.29 is 26.2 Å². The number of hydrogen-bond acceptors (Lipinski definition) is 0. The quantitative estimate of drug-likeness (QED) is 0.289. The largest absolute Gasteiger partial charge is 2.00 e. The van der Waals surface area contributed by atoms with E-state index in [1.807, 2.05) is 12.2 Å². The molecule has 0 atom stereocenters. The molecule has 0 N–H and O–H groups in total. The van der Waals surface area contributed by atoms with Crippen molar-refractivity contribution in [2.75, 3.05) is 0 Å². The standard InChI is InChI=1S/C12H10Si.C9H7.C5H5.Zr/c1-3-7-11(8-4-1)13-12-9-5-2-6-10-12;1-2-5-9-7-3-6-8(9)4-1;1-2-4-5-3-1;/h1-10H;1-7H;1-3H,4H2;/q;2*-1;+2. The zero-order chi connectivity index (χ0) is 18.6. The Bertz CT molecular complexity index is 891. The summed E-state index contributed by atoms with van der Waals surface area (Å²) in [5, 5.41) is 5.46. The number of rotatable bonds is 2. The van der Waals surface area contributed by atoms with Gasteiger partial charge in [-0.2, -0.15) is 23.6 Å². The maximum Gasteiger partial charge on any atom is 2.00 e.